The van der Waals surface area contributed by atoms with Crippen molar-refractivity contribution in [3.63, 3.8) is 0 Å². The molecule has 1 unspecified atom stereocenters. The summed E-state index contributed by atoms with van der Waals surface area (Å²) < 4.78 is 0.481. The van der Waals surface area contributed by atoms with E-state index in [2.05, 4.69) is 0 Å². The minimum atomic E-state index is -1.17. The molecule has 0 aromatic carbocycles. The van der Waals surface area contributed by atoms with Gasteiger partial charge in [0.15, 0.2) is 6.54 Å². The van der Waals surface area contributed by atoms with Crippen molar-refractivity contribution < 1.29 is 34.2 Å². The second kappa shape index (κ2) is 8.43. The number of hydrogen-bond donors (Lipinski definition) is 4. The standard InChI is InChI=1S/C5H9NO4.C5H11NO2/c6-3(5(9)10)1-2-4(7)8;1-6(2,3)4-5(7)8/h3H,1-2,6H2,(H,7,8)(H,9,10);4H2,1-3H3/p+1. The normalized spacial score (nSPS) is 12.0. The van der Waals surface area contributed by atoms with Crippen LogP contribution in [0.25, 0.3) is 0 Å². The zero-order valence-electron chi connectivity index (χ0n) is 10.8. The van der Waals surface area contributed by atoms with Crippen LogP contribution in [0.3, 0.4) is 0 Å². The van der Waals surface area contributed by atoms with Gasteiger partial charge in [-0.2, -0.15) is 0 Å². The van der Waals surface area contributed by atoms with Gasteiger partial charge in [-0.15, -0.1) is 0 Å². The topological polar surface area (TPSA) is 138 Å². The van der Waals surface area contributed by atoms with Crippen molar-refractivity contribution in [2.75, 3.05) is 27.7 Å². The lowest BCUT2D eigenvalue weighted by Gasteiger charge is -2.20. The van der Waals surface area contributed by atoms with Crippen molar-refractivity contribution in [3.8, 4) is 0 Å². The van der Waals surface area contributed by atoms with Gasteiger partial charge in [-0.05, 0) is 6.42 Å². The molecule has 5 N–H and O–H groups in total. The highest BCUT2D eigenvalue weighted by molar-refractivity contribution is 5.74. The van der Waals surface area contributed by atoms with E-state index >= 15 is 0 Å². The molecule has 1 atom stereocenters. The fourth-order valence-electron chi connectivity index (χ4n) is 0.808. The number of nitrogens with zero attached hydrogens (tertiary/aromatic N) is 1. The number of nitrogens with two attached hydrogens (primary N) is 1. The first-order valence-corrected chi connectivity index (χ1v) is 5.18. The largest absolute Gasteiger partial charge is 0.481 e. The van der Waals surface area contributed by atoms with Gasteiger partial charge >= 0.3 is 17.9 Å². The summed E-state index contributed by atoms with van der Waals surface area (Å²) in [6, 6.07) is -1.06. The van der Waals surface area contributed by atoms with Gasteiger partial charge in [-0.3, -0.25) is 9.59 Å². The fourth-order valence-corrected chi connectivity index (χ4v) is 0.808. The predicted molar refractivity (Wildman–Crippen MR) is 63.0 cm³/mol. The van der Waals surface area contributed by atoms with E-state index in [1.54, 1.807) is 0 Å². The zero-order valence-corrected chi connectivity index (χ0v) is 10.8. The number of likely N-dealkylation sites (N-methyl/N-ethyl adjacent to an activating group) is 1. The summed E-state index contributed by atoms with van der Waals surface area (Å²) >= 11 is 0. The SMILES string of the molecule is C[N+](C)(C)CC(=O)O.NC(CCC(=O)O)C(=O)O. The van der Waals surface area contributed by atoms with E-state index in [0.29, 0.717) is 4.48 Å². The van der Waals surface area contributed by atoms with Gasteiger partial charge < -0.3 is 25.5 Å². The molecule has 0 radical (unpaired) electrons. The Bertz CT molecular complexity index is 297. The Balaban J connectivity index is 0. The number of hydrogen-bond acceptors (Lipinski definition) is 4. The minimum absolute atomic E-state index is 0.0231. The average molecular weight is 265 g/mol. The van der Waals surface area contributed by atoms with Crippen molar-refractivity contribution >= 4 is 17.9 Å². The molecule has 0 aliphatic heterocycles. The second-order valence-corrected chi connectivity index (χ2v) is 4.72. The van der Waals surface area contributed by atoms with E-state index in [-0.39, 0.29) is 19.4 Å². The Kier molecular flexibility index (Phi) is 8.75. The lowest BCUT2D eigenvalue weighted by molar-refractivity contribution is -0.862. The second-order valence-electron chi connectivity index (χ2n) is 4.72. The van der Waals surface area contributed by atoms with Gasteiger partial charge in [0.05, 0.1) is 21.1 Å². The molecular weight excluding hydrogens is 244 g/mol. The Morgan fingerprint density at radius 1 is 1.06 bits per heavy atom. The molecule has 0 rings (SSSR count). The summed E-state index contributed by atoms with van der Waals surface area (Å²) in [4.78, 5) is 29.9. The molecule has 0 spiro atoms. The number of rotatable bonds is 6. The summed E-state index contributed by atoms with van der Waals surface area (Å²) in [5, 5.41) is 24.5. The third-order valence-electron chi connectivity index (χ3n) is 1.60. The van der Waals surface area contributed by atoms with Crippen LogP contribution in [-0.2, 0) is 14.4 Å². The fraction of sp³-hybridized carbons (Fsp3) is 0.700. The summed E-state index contributed by atoms with van der Waals surface area (Å²) in [5.74, 6) is -2.95. The lowest BCUT2D eigenvalue weighted by atomic mass is 10.2. The molecule has 8 heteroatoms. The first kappa shape index (κ1) is 18.7. The van der Waals surface area contributed by atoms with Gasteiger partial charge in [0.2, 0.25) is 0 Å². The van der Waals surface area contributed by atoms with Crippen LogP contribution in [0.4, 0.5) is 0 Å². The maximum Gasteiger partial charge on any atom is 0.359 e. The van der Waals surface area contributed by atoms with Crippen molar-refractivity contribution in [1.29, 1.82) is 0 Å². The minimum Gasteiger partial charge on any atom is -0.481 e. The number of carboxylic acid groups (broad SMARTS) is 3. The molecule has 0 saturated heterocycles. The van der Waals surface area contributed by atoms with Crippen LogP contribution in [0.1, 0.15) is 12.8 Å². The van der Waals surface area contributed by atoms with Crippen molar-refractivity contribution in [2.45, 2.75) is 18.9 Å². The van der Waals surface area contributed by atoms with E-state index in [1.807, 2.05) is 21.1 Å². The molecule has 0 aromatic rings. The highest BCUT2D eigenvalue weighted by Crippen LogP contribution is 1.93. The summed E-state index contributed by atoms with van der Waals surface area (Å²) in [7, 11) is 5.52. The van der Waals surface area contributed by atoms with Crippen LogP contribution < -0.4 is 5.73 Å². The molecular formula is C10H21N2O6+. The molecule has 8 nitrogen and oxygen atoms in total. The van der Waals surface area contributed by atoms with E-state index in [9.17, 15) is 14.4 Å². The van der Waals surface area contributed by atoms with Crippen molar-refractivity contribution in [2.24, 2.45) is 5.73 Å². The van der Waals surface area contributed by atoms with Crippen LogP contribution in [0.2, 0.25) is 0 Å². The van der Waals surface area contributed by atoms with E-state index in [4.69, 9.17) is 21.1 Å². The summed E-state index contributed by atoms with van der Waals surface area (Å²) in [6.45, 7) is 0.181. The highest BCUT2D eigenvalue weighted by atomic mass is 16.4. The molecule has 106 valence electrons. The summed E-state index contributed by atoms with van der Waals surface area (Å²) in [5.41, 5.74) is 5.00. The molecule has 0 aromatic heterocycles. The average Bonchev–Trinajstić information content (AvgIpc) is 2.10. The molecule has 0 heterocycles. The molecule has 0 aliphatic rings. The van der Waals surface area contributed by atoms with Gasteiger partial charge in [0.25, 0.3) is 0 Å². The van der Waals surface area contributed by atoms with Gasteiger partial charge in [-0.1, -0.05) is 0 Å². The monoisotopic (exact) mass is 265 g/mol. The van der Waals surface area contributed by atoms with Crippen LogP contribution in [0.5, 0.6) is 0 Å². The third-order valence-corrected chi connectivity index (χ3v) is 1.60. The molecule has 0 saturated carbocycles. The Hall–Kier alpha value is -1.67. The quantitative estimate of drug-likeness (QED) is 0.454. The highest BCUT2D eigenvalue weighted by Gasteiger charge is 2.12. The van der Waals surface area contributed by atoms with Crippen LogP contribution >= 0.6 is 0 Å². The first-order valence-electron chi connectivity index (χ1n) is 5.18. The Labute approximate surface area is 105 Å². The number of carboxylic acids is 3. The number of aliphatic carboxylic acids is 3. The molecule has 0 fully saturated rings. The maximum atomic E-state index is 10.00. The first-order chi connectivity index (χ1) is 7.95. The molecule has 0 amide bonds. The molecule has 18 heavy (non-hydrogen) atoms. The van der Waals surface area contributed by atoms with Crippen LogP contribution in [0.15, 0.2) is 0 Å². The van der Waals surface area contributed by atoms with Gasteiger partial charge in [0, 0.05) is 6.42 Å². The maximum absolute atomic E-state index is 10.00. The molecule has 0 aliphatic carbocycles. The van der Waals surface area contributed by atoms with Gasteiger partial charge in [0.1, 0.15) is 6.04 Å². The van der Waals surface area contributed by atoms with Crippen LogP contribution in [0, 0.1) is 0 Å². The third kappa shape index (κ3) is 16.7. The molecule has 0 bridgehead atoms. The lowest BCUT2D eigenvalue weighted by Crippen LogP contribution is -2.39. The number of carbonyl (C=O) groups is 3. The van der Waals surface area contributed by atoms with E-state index in [1.165, 1.54) is 0 Å². The van der Waals surface area contributed by atoms with E-state index in [0.717, 1.165) is 0 Å². The van der Waals surface area contributed by atoms with Crippen LogP contribution in [-0.4, -0.2) is 71.4 Å². The number of quaternary nitrogens is 1. The summed E-state index contributed by atoms with van der Waals surface area (Å²) in [6.07, 6.45) is -0.224. The van der Waals surface area contributed by atoms with Crippen molar-refractivity contribution in [3.05, 3.63) is 0 Å². The van der Waals surface area contributed by atoms with Crippen molar-refractivity contribution in [1.82, 2.24) is 0 Å². The van der Waals surface area contributed by atoms with Gasteiger partial charge in [-0.25, -0.2) is 4.79 Å². The Morgan fingerprint density at radius 2 is 1.50 bits per heavy atom. The van der Waals surface area contributed by atoms with E-state index < -0.39 is 23.9 Å². The zero-order chi connectivity index (χ0) is 14.9. The Morgan fingerprint density at radius 3 is 1.67 bits per heavy atom. The smallest absolute Gasteiger partial charge is 0.359 e. The predicted octanol–water partition coefficient (Wildman–Crippen LogP) is -0.960.